The fraction of sp³-hybridized carbons (Fsp3) is 0.200. The van der Waals surface area contributed by atoms with Gasteiger partial charge in [-0.25, -0.2) is 8.42 Å². The van der Waals surface area contributed by atoms with Gasteiger partial charge >= 0.3 is 0 Å². The molecule has 0 fully saturated rings. The molecule has 0 aliphatic carbocycles. The quantitative estimate of drug-likeness (QED) is 0.605. The fourth-order valence-electron chi connectivity index (χ4n) is 4.06. The molecule has 0 radical (unpaired) electrons. The molecule has 0 unspecified atom stereocenters. The number of carbonyl (C=O) groups is 1. The van der Waals surface area contributed by atoms with Crippen LogP contribution in [0, 0.1) is 11.3 Å². The van der Waals surface area contributed by atoms with Gasteiger partial charge in [-0.3, -0.25) is 4.79 Å². The Bertz CT molecular complexity index is 1360. The van der Waals surface area contributed by atoms with Crippen LogP contribution < -0.4 is 10.6 Å². The highest BCUT2D eigenvalue weighted by atomic mass is 32.2. The summed E-state index contributed by atoms with van der Waals surface area (Å²) in [6.45, 7) is 0.798. The van der Waals surface area contributed by atoms with Gasteiger partial charge in [-0.05, 0) is 65.1 Å². The topological polar surface area (TPSA) is 102 Å². The molecule has 4 rings (SSSR count). The van der Waals surface area contributed by atoms with Gasteiger partial charge in [-0.2, -0.15) is 9.57 Å². The average Bonchev–Trinajstić information content (AvgIpc) is 2.83. The molecular formula is C25H24N4O3S. The highest BCUT2D eigenvalue weighted by molar-refractivity contribution is 7.88. The first-order chi connectivity index (χ1) is 15.8. The normalized spacial score (nSPS) is 13.6. The van der Waals surface area contributed by atoms with Crippen molar-refractivity contribution in [3.63, 3.8) is 0 Å². The number of anilines is 2. The lowest BCUT2D eigenvalue weighted by Crippen LogP contribution is -2.35. The summed E-state index contributed by atoms with van der Waals surface area (Å²) in [6.07, 6.45) is 1.85. The number of hydrogen-bond donors (Lipinski definition) is 2. The van der Waals surface area contributed by atoms with Crippen molar-refractivity contribution in [1.82, 2.24) is 9.62 Å². The maximum Gasteiger partial charge on any atom is 0.251 e. The van der Waals surface area contributed by atoms with E-state index < -0.39 is 10.0 Å². The predicted molar refractivity (Wildman–Crippen MR) is 129 cm³/mol. The molecule has 0 aromatic heterocycles. The van der Waals surface area contributed by atoms with Crippen LogP contribution in [0.4, 0.5) is 11.4 Å². The molecule has 7 nitrogen and oxygen atoms in total. The van der Waals surface area contributed by atoms with Crippen LogP contribution in [-0.2, 0) is 23.0 Å². The Labute approximate surface area is 193 Å². The van der Waals surface area contributed by atoms with E-state index in [1.165, 1.54) is 10.6 Å². The van der Waals surface area contributed by atoms with Crippen molar-refractivity contribution in [3.8, 4) is 17.2 Å². The van der Waals surface area contributed by atoms with Gasteiger partial charge in [-0.1, -0.05) is 24.3 Å². The van der Waals surface area contributed by atoms with E-state index in [0.29, 0.717) is 30.6 Å². The second kappa shape index (κ2) is 9.06. The number of nitriles is 1. The number of fused-ring (bicyclic) bond motifs is 1. The zero-order valence-corrected chi connectivity index (χ0v) is 19.2. The molecule has 2 N–H and O–H groups in total. The Kier molecular flexibility index (Phi) is 6.18. The van der Waals surface area contributed by atoms with Gasteiger partial charge in [0.1, 0.15) is 0 Å². The average molecular weight is 461 g/mol. The summed E-state index contributed by atoms with van der Waals surface area (Å²) in [4.78, 5) is 12.5. The molecule has 168 valence electrons. The van der Waals surface area contributed by atoms with Gasteiger partial charge in [0.05, 0.1) is 17.9 Å². The number of amides is 1. The molecule has 8 heteroatoms. The number of rotatable bonds is 5. The van der Waals surface area contributed by atoms with E-state index >= 15 is 0 Å². The van der Waals surface area contributed by atoms with E-state index in [9.17, 15) is 13.2 Å². The molecule has 1 aliphatic rings. The Morgan fingerprint density at radius 2 is 1.85 bits per heavy atom. The third kappa shape index (κ3) is 4.75. The van der Waals surface area contributed by atoms with Crippen molar-refractivity contribution in [2.75, 3.05) is 25.2 Å². The summed E-state index contributed by atoms with van der Waals surface area (Å²) in [7, 11) is -1.65. The summed E-state index contributed by atoms with van der Waals surface area (Å²) in [5.41, 5.74) is 6.45. The minimum absolute atomic E-state index is 0.195. The number of nitrogens with zero attached hydrogens (tertiary/aromatic N) is 2. The smallest absolute Gasteiger partial charge is 0.251 e. The summed E-state index contributed by atoms with van der Waals surface area (Å²) in [5.74, 6) is -0.195. The summed E-state index contributed by atoms with van der Waals surface area (Å²) in [5, 5.41) is 15.2. The largest absolute Gasteiger partial charge is 0.355 e. The van der Waals surface area contributed by atoms with Crippen molar-refractivity contribution in [2.24, 2.45) is 0 Å². The molecule has 1 amide bonds. The lowest BCUT2D eigenvalue weighted by Gasteiger charge is -2.28. The number of carbonyl (C=O) groups excluding carboxylic acids is 1. The minimum Gasteiger partial charge on any atom is -0.355 e. The molecule has 3 aromatic rings. The highest BCUT2D eigenvalue weighted by Gasteiger charge is 2.24. The maximum atomic E-state index is 12.5. The lowest BCUT2D eigenvalue weighted by molar-refractivity contribution is 0.0963. The van der Waals surface area contributed by atoms with Gasteiger partial charge in [0.2, 0.25) is 10.0 Å². The standard InChI is InChI=1S/C25H24N4O3S/c1-27-25(30)22-11-10-20(14-23(22)18-8-6-17(15-26)7-9-18)28-24-5-3-4-19-16-29(33(2,31)32)13-12-21(19)24/h3-11,14,28H,12-13,16H2,1-2H3,(H,27,30). The molecule has 1 aliphatic heterocycles. The molecule has 1 heterocycles. The number of nitrogens with one attached hydrogen (secondary N) is 2. The van der Waals surface area contributed by atoms with Crippen molar-refractivity contribution in [1.29, 1.82) is 5.26 Å². The van der Waals surface area contributed by atoms with Gasteiger partial charge in [0, 0.05) is 37.1 Å². The summed E-state index contributed by atoms with van der Waals surface area (Å²) < 4.78 is 25.4. The van der Waals surface area contributed by atoms with E-state index in [4.69, 9.17) is 5.26 Å². The third-order valence-electron chi connectivity index (χ3n) is 5.80. The molecule has 0 bridgehead atoms. The van der Waals surface area contributed by atoms with Crippen LogP contribution in [0.25, 0.3) is 11.1 Å². The van der Waals surface area contributed by atoms with Gasteiger partial charge in [-0.15, -0.1) is 0 Å². The fourth-order valence-corrected chi connectivity index (χ4v) is 4.85. The lowest BCUT2D eigenvalue weighted by atomic mass is 9.96. The second-order valence-corrected chi connectivity index (χ2v) is 9.93. The second-order valence-electron chi connectivity index (χ2n) is 7.94. The molecule has 33 heavy (non-hydrogen) atoms. The molecule has 0 saturated heterocycles. The van der Waals surface area contributed by atoms with Crippen molar-refractivity contribution >= 4 is 27.3 Å². The van der Waals surface area contributed by atoms with Crippen LogP contribution in [0.3, 0.4) is 0 Å². The van der Waals surface area contributed by atoms with Crippen molar-refractivity contribution in [2.45, 2.75) is 13.0 Å². The van der Waals surface area contributed by atoms with E-state index in [-0.39, 0.29) is 5.91 Å². The summed E-state index contributed by atoms with van der Waals surface area (Å²) in [6, 6.07) is 20.6. The van der Waals surface area contributed by atoms with Gasteiger partial charge in [0.25, 0.3) is 5.91 Å². The summed E-state index contributed by atoms with van der Waals surface area (Å²) >= 11 is 0. The van der Waals surface area contributed by atoms with Crippen molar-refractivity contribution < 1.29 is 13.2 Å². The zero-order valence-electron chi connectivity index (χ0n) is 18.4. The van der Waals surface area contributed by atoms with Crippen molar-refractivity contribution in [3.05, 3.63) is 82.9 Å². The molecule has 0 saturated carbocycles. The molecule has 0 spiro atoms. The van der Waals surface area contributed by atoms with E-state index in [2.05, 4.69) is 16.7 Å². The van der Waals surface area contributed by atoms with Crippen LogP contribution in [0.5, 0.6) is 0 Å². The first kappa shape index (κ1) is 22.5. The Balaban J connectivity index is 1.70. The highest BCUT2D eigenvalue weighted by Crippen LogP contribution is 2.32. The number of hydrogen-bond acceptors (Lipinski definition) is 5. The molecule has 3 aromatic carbocycles. The van der Waals surface area contributed by atoms with Gasteiger partial charge < -0.3 is 10.6 Å². The molecule has 0 atom stereocenters. The minimum atomic E-state index is -3.24. The van der Waals surface area contributed by atoms with E-state index in [0.717, 1.165) is 33.6 Å². The van der Waals surface area contributed by atoms with Crippen LogP contribution >= 0.6 is 0 Å². The number of benzene rings is 3. The van der Waals surface area contributed by atoms with E-state index in [1.807, 2.05) is 42.5 Å². The van der Waals surface area contributed by atoms with Crippen LogP contribution in [0.1, 0.15) is 27.0 Å². The first-order valence-electron chi connectivity index (χ1n) is 10.5. The van der Waals surface area contributed by atoms with Crippen LogP contribution in [0.15, 0.2) is 60.7 Å². The molecular weight excluding hydrogens is 436 g/mol. The number of sulfonamides is 1. The monoisotopic (exact) mass is 460 g/mol. The van der Waals surface area contributed by atoms with Gasteiger partial charge in [0.15, 0.2) is 0 Å². The Hall–Kier alpha value is -3.67. The first-order valence-corrected chi connectivity index (χ1v) is 12.3. The third-order valence-corrected chi connectivity index (χ3v) is 7.04. The van der Waals surface area contributed by atoms with Crippen LogP contribution in [0.2, 0.25) is 0 Å². The Morgan fingerprint density at radius 1 is 1.09 bits per heavy atom. The Morgan fingerprint density at radius 3 is 2.52 bits per heavy atom. The van der Waals surface area contributed by atoms with Crippen LogP contribution in [-0.4, -0.2) is 38.5 Å². The maximum absolute atomic E-state index is 12.5. The zero-order chi connectivity index (χ0) is 23.6. The predicted octanol–water partition coefficient (Wildman–Crippen LogP) is 3.65. The van der Waals surface area contributed by atoms with E-state index in [1.54, 1.807) is 25.2 Å². The SMILES string of the molecule is CNC(=O)c1ccc(Nc2cccc3c2CCN(S(C)(=O)=O)C3)cc1-c1ccc(C#N)cc1.